The van der Waals surface area contributed by atoms with Crippen LogP contribution in [0.2, 0.25) is 0 Å². The van der Waals surface area contributed by atoms with Gasteiger partial charge in [-0.05, 0) is 23.1 Å². The van der Waals surface area contributed by atoms with E-state index in [-0.39, 0.29) is 23.7 Å². The van der Waals surface area contributed by atoms with E-state index >= 15 is 0 Å². The van der Waals surface area contributed by atoms with Gasteiger partial charge in [0.25, 0.3) is 0 Å². The molecule has 1 aromatic rings. The van der Waals surface area contributed by atoms with Gasteiger partial charge in [0, 0.05) is 5.92 Å². The van der Waals surface area contributed by atoms with Crippen LogP contribution in [0.3, 0.4) is 0 Å². The minimum atomic E-state index is 0.0286. The molecule has 1 aromatic carbocycles. The molecule has 112 valence electrons. The number of ketones is 1. The van der Waals surface area contributed by atoms with Gasteiger partial charge in [0.15, 0.2) is 5.78 Å². The highest BCUT2D eigenvalue weighted by Crippen LogP contribution is 2.24. The molecule has 0 saturated carbocycles. The van der Waals surface area contributed by atoms with Gasteiger partial charge in [0.05, 0.1) is 6.61 Å². The first-order valence-corrected chi connectivity index (χ1v) is 7.14. The second-order valence-electron chi connectivity index (χ2n) is 6.30. The molecule has 0 bridgehead atoms. The molecule has 3 nitrogen and oxygen atoms in total. The molecule has 1 rings (SSSR count). The van der Waals surface area contributed by atoms with Gasteiger partial charge in [-0.2, -0.15) is 0 Å². The summed E-state index contributed by atoms with van der Waals surface area (Å²) in [6.07, 6.45) is 0. The third-order valence-corrected chi connectivity index (χ3v) is 3.11. The number of benzene rings is 1. The van der Waals surface area contributed by atoms with Gasteiger partial charge in [0.2, 0.25) is 0 Å². The van der Waals surface area contributed by atoms with Crippen molar-refractivity contribution in [2.75, 3.05) is 19.8 Å². The van der Waals surface area contributed by atoms with Crippen LogP contribution >= 0.6 is 0 Å². The first kappa shape index (κ1) is 16.7. The van der Waals surface area contributed by atoms with E-state index in [1.807, 2.05) is 26.0 Å². The minimum Gasteiger partial charge on any atom is -0.491 e. The van der Waals surface area contributed by atoms with Gasteiger partial charge in [0.1, 0.15) is 19.0 Å². The van der Waals surface area contributed by atoms with E-state index in [2.05, 4.69) is 32.9 Å². The van der Waals surface area contributed by atoms with Crippen LogP contribution in [-0.2, 0) is 14.9 Å². The van der Waals surface area contributed by atoms with Crippen molar-refractivity contribution in [3.8, 4) is 5.75 Å². The maximum atomic E-state index is 11.3. The Balaban J connectivity index is 2.28. The van der Waals surface area contributed by atoms with Crippen LogP contribution in [0.5, 0.6) is 5.75 Å². The van der Waals surface area contributed by atoms with E-state index in [1.165, 1.54) is 5.56 Å². The smallest absolute Gasteiger partial charge is 0.160 e. The Morgan fingerprint density at radius 3 is 2.20 bits per heavy atom. The predicted molar refractivity (Wildman–Crippen MR) is 81.3 cm³/mol. The summed E-state index contributed by atoms with van der Waals surface area (Å²) >= 11 is 0. The van der Waals surface area contributed by atoms with Crippen molar-refractivity contribution in [2.45, 2.75) is 40.0 Å². The largest absolute Gasteiger partial charge is 0.491 e. The first-order chi connectivity index (χ1) is 9.30. The highest BCUT2D eigenvalue weighted by molar-refractivity contribution is 5.81. The summed E-state index contributed by atoms with van der Waals surface area (Å²) in [4.78, 5) is 11.3. The van der Waals surface area contributed by atoms with E-state index in [0.29, 0.717) is 13.2 Å². The second kappa shape index (κ2) is 7.44. The van der Waals surface area contributed by atoms with Gasteiger partial charge in [-0.3, -0.25) is 4.79 Å². The van der Waals surface area contributed by atoms with Crippen molar-refractivity contribution < 1.29 is 14.3 Å². The van der Waals surface area contributed by atoms with Gasteiger partial charge in [-0.1, -0.05) is 46.8 Å². The van der Waals surface area contributed by atoms with Crippen LogP contribution in [0.1, 0.15) is 40.2 Å². The Morgan fingerprint density at radius 1 is 1.10 bits per heavy atom. The summed E-state index contributed by atoms with van der Waals surface area (Å²) in [7, 11) is 0. The number of hydrogen-bond acceptors (Lipinski definition) is 3. The topological polar surface area (TPSA) is 35.5 Å². The van der Waals surface area contributed by atoms with Crippen LogP contribution in [-0.4, -0.2) is 25.6 Å². The summed E-state index contributed by atoms with van der Waals surface area (Å²) in [6.45, 7) is 11.4. The average molecular weight is 278 g/mol. The summed E-state index contributed by atoms with van der Waals surface area (Å²) in [6, 6.07) is 8.11. The number of carbonyl (C=O) groups excluding carboxylic acids is 1. The Kier molecular flexibility index (Phi) is 6.21. The molecular weight excluding hydrogens is 252 g/mol. The summed E-state index contributed by atoms with van der Waals surface area (Å²) < 4.78 is 10.9. The van der Waals surface area contributed by atoms with Crippen molar-refractivity contribution >= 4 is 5.78 Å². The third-order valence-electron chi connectivity index (χ3n) is 3.11. The summed E-state index contributed by atoms with van der Waals surface area (Å²) in [5.41, 5.74) is 1.43. The molecular formula is C17H26O3. The fraction of sp³-hybridized carbons (Fsp3) is 0.588. The Hall–Kier alpha value is -1.35. The number of ether oxygens (including phenoxy) is 2. The standard InChI is InChI=1S/C17H26O3/c1-13(2)16(18)12-19-10-11-20-15-8-6-14(7-9-15)17(3,4)5/h6-9,13H,10-12H2,1-5H3. The van der Waals surface area contributed by atoms with Gasteiger partial charge < -0.3 is 9.47 Å². The molecule has 0 aliphatic heterocycles. The van der Waals surface area contributed by atoms with Gasteiger partial charge in [-0.15, -0.1) is 0 Å². The lowest BCUT2D eigenvalue weighted by Gasteiger charge is -2.19. The van der Waals surface area contributed by atoms with Gasteiger partial charge >= 0.3 is 0 Å². The Morgan fingerprint density at radius 2 is 1.70 bits per heavy atom. The number of carbonyl (C=O) groups is 1. The van der Waals surface area contributed by atoms with E-state index in [9.17, 15) is 4.79 Å². The van der Waals surface area contributed by atoms with E-state index in [0.717, 1.165) is 5.75 Å². The van der Waals surface area contributed by atoms with Crippen LogP contribution in [0.15, 0.2) is 24.3 Å². The van der Waals surface area contributed by atoms with Crippen molar-refractivity contribution in [2.24, 2.45) is 5.92 Å². The monoisotopic (exact) mass is 278 g/mol. The first-order valence-electron chi connectivity index (χ1n) is 7.14. The van der Waals surface area contributed by atoms with Crippen LogP contribution in [0.25, 0.3) is 0 Å². The predicted octanol–water partition coefficient (Wildman–Crippen LogP) is 3.60. The highest BCUT2D eigenvalue weighted by atomic mass is 16.5. The lowest BCUT2D eigenvalue weighted by Crippen LogP contribution is -2.17. The molecule has 0 unspecified atom stereocenters. The maximum absolute atomic E-state index is 11.3. The molecule has 20 heavy (non-hydrogen) atoms. The molecule has 0 heterocycles. The lowest BCUT2D eigenvalue weighted by atomic mass is 9.87. The quantitative estimate of drug-likeness (QED) is 0.715. The van der Waals surface area contributed by atoms with Crippen LogP contribution < -0.4 is 4.74 Å². The highest BCUT2D eigenvalue weighted by Gasteiger charge is 2.12. The number of rotatable bonds is 7. The minimum absolute atomic E-state index is 0.0286. The Bertz CT molecular complexity index is 413. The van der Waals surface area contributed by atoms with Crippen molar-refractivity contribution in [1.82, 2.24) is 0 Å². The second-order valence-corrected chi connectivity index (χ2v) is 6.30. The fourth-order valence-corrected chi connectivity index (χ4v) is 1.61. The SMILES string of the molecule is CC(C)C(=O)COCCOc1ccc(C(C)(C)C)cc1. The molecule has 0 spiro atoms. The molecule has 3 heteroatoms. The molecule has 0 amide bonds. The average Bonchev–Trinajstić information content (AvgIpc) is 2.37. The Labute approximate surface area is 122 Å². The zero-order valence-electron chi connectivity index (χ0n) is 13.2. The molecule has 0 saturated heterocycles. The maximum Gasteiger partial charge on any atom is 0.160 e. The van der Waals surface area contributed by atoms with E-state index in [1.54, 1.807) is 0 Å². The molecule has 0 aliphatic rings. The van der Waals surface area contributed by atoms with Crippen molar-refractivity contribution in [3.05, 3.63) is 29.8 Å². The zero-order valence-corrected chi connectivity index (χ0v) is 13.2. The third kappa shape index (κ3) is 5.74. The van der Waals surface area contributed by atoms with Crippen molar-refractivity contribution in [3.63, 3.8) is 0 Å². The van der Waals surface area contributed by atoms with Gasteiger partial charge in [-0.25, -0.2) is 0 Å². The number of hydrogen-bond donors (Lipinski definition) is 0. The summed E-state index contributed by atoms with van der Waals surface area (Å²) in [5, 5.41) is 0. The molecule has 0 N–H and O–H groups in total. The van der Waals surface area contributed by atoms with Crippen LogP contribution in [0, 0.1) is 5.92 Å². The number of Topliss-reactive ketones (excluding diaryl/α,β-unsaturated/α-hetero) is 1. The summed E-state index contributed by atoms with van der Waals surface area (Å²) in [5.74, 6) is 0.983. The molecule has 0 aromatic heterocycles. The molecule has 0 fully saturated rings. The lowest BCUT2D eigenvalue weighted by molar-refractivity contribution is -0.126. The van der Waals surface area contributed by atoms with E-state index in [4.69, 9.17) is 9.47 Å². The molecule has 0 radical (unpaired) electrons. The zero-order chi connectivity index (χ0) is 15.2. The van der Waals surface area contributed by atoms with Crippen LogP contribution in [0.4, 0.5) is 0 Å². The molecule has 0 aliphatic carbocycles. The molecule has 0 atom stereocenters. The van der Waals surface area contributed by atoms with Crippen molar-refractivity contribution in [1.29, 1.82) is 0 Å². The normalized spacial score (nSPS) is 11.7. The fourth-order valence-electron chi connectivity index (χ4n) is 1.61. The van der Waals surface area contributed by atoms with E-state index < -0.39 is 0 Å².